The van der Waals surface area contributed by atoms with Crippen molar-refractivity contribution in [2.45, 2.75) is 6.42 Å². The third-order valence-corrected chi connectivity index (χ3v) is 1.50. The molecule has 1 aliphatic rings. The summed E-state index contributed by atoms with van der Waals surface area (Å²) in [5, 5.41) is 0. The van der Waals surface area contributed by atoms with Crippen LogP contribution >= 0.6 is 0 Å². The summed E-state index contributed by atoms with van der Waals surface area (Å²) >= 11 is 0. The molecule has 0 aliphatic carbocycles. The van der Waals surface area contributed by atoms with Crippen molar-refractivity contribution >= 4 is 5.78 Å². The first-order valence-corrected chi connectivity index (χ1v) is 3.68. The van der Waals surface area contributed by atoms with Gasteiger partial charge in [-0.3, -0.25) is 4.79 Å². The van der Waals surface area contributed by atoms with Crippen LogP contribution in [0.15, 0.2) is 11.8 Å². The Morgan fingerprint density at radius 2 is 2.27 bits per heavy atom. The van der Waals surface area contributed by atoms with Crippen LogP contribution in [0.1, 0.15) is 6.42 Å². The third kappa shape index (κ3) is 2.35. The van der Waals surface area contributed by atoms with Crippen molar-refractivity contribution < 1.29 is 9.53 Å². The molecule has 0 atom stereocenters. The van der Waals surface area contributed by atoms with E-state index in [0.29, 0.717) is 19.6 Å². The molecule has 1 aliphatic heterocycles. The molecule has 11 heavy (non-hydrogen) atoms. The normalized spacial score (nSPS) is 22.4. The van der Waals surface area contributed by atoms with Gasteiger partial charge in [0.15, 0.2) is 5.78 Å². The van der Waals surface area contributed by atoms with Crippen LogP contribution in [0.4, 0.5) is 0 Å². The first kappa shape index (κ1) is 8.27. The van der Waals surface area contributed by atoms with Gasteiger partial charge in [0.1, 0.15) is 0 Å². The fraction of sp³-hybridized carbons (Fsp3) is 0.625. The number of Topliss-reactive ketones (excluding diaryl/α,β-unsaturated/α-hetero) is 1. The summed E-state index contributed by atoms with van der Waals surface area (Å²) in [4.78, 5) is 13.0. The molecule has 62 valence electrons. The lowest BCUT2D eigenvalue weighted by atomic mass is 10.1. The van der Waals surface area contributed by atoms with Crippen LogP contribution in [0.25, 0.3) is 0 Å². The van der Waals surface area contributed by atoms with Crippen LogP contribution in [0, 0.1) is 0 Å². The summed E-state index contributed by atoms with van der Waals surface area (Å²) < 4.78 is 5.14. The van der Waals surface area contributed by atoms with Gasteiger partial charge in [-0.2, -0.15) is 0 Å². The van der Waals surface area contributed by atoms with E-state index in [2.05, 4.69) is 0 Å². The van der Waals surface area contributed by atoms with Crippen LogP contribution in [0.3, 0.4) is 0 Å². The Kier molecular flexibility index (Phi) is 2.65. The zero-order chi connectivity index (χ0) is 8.27. The second-order valence-electron chi connectivity index (χ2n) is 2.84. The molecule has 0 N–H and O–H groups in total. The quantitative estimate of drug-likeness (QED) is 0.514. The van der Waals surface area contributed by atoms with Gasteiger partial charge in [0, 0.05) is 32.3 Å². The number of nitrogens with zero attached hydrogens (tertiary/aromatic N) is 1. The Morgan fingerprint density at radius 3 is 2.82 bits per heavy atom. The smallest absolute Gasteiger partial charge is 0.164 e. The highest BCUT2D eigenvalue weighted by Gasteiger charge is 2.14. The van der Waals surface area contributed by atoms with Crippen LogP contribution < -0.4 is 0 Å². The van der Waals surface area contributed by atoms with E-state index < -0.39 is 0 Å². The van der Waals surface area contributed by atoms with Gasteiger partial charge in [0.25, 0.3) is 0 Å². The predicted molar refractivity (Wildman–Crippen MR) is 42.2 cm³/mol. The zero-order valence-corrected chi connectivity index (χ0v) is 6.96. The Hall–Kier alpha value is -0.830. The van der Waals surface area contributed by atoms with Crippen molar-refractivity contribution in [2.24, 2.45) is 0 Å². The molecular formula is C8H13NO2. The third-order valence-electron chi connectivity index (χ3n) is 1.50. The molecule has 0 bridgehead atoms. The van der Waals surface area contributed by atoms with Gasteiger partial charge < -0.3 is 9.64 Å². The predicted octanol–water partition coefficient (Wildman–Crippen LogP) is 0.421. The topological polar surface area (TPSA) is 29.5 Å². The molecule has 3 nitrogen and oxygen atoms in total. The van der Waals surface area contributed by atoms with Gasteiger partial charge >= 0.3 is 0 Å². The molecule has 3 heteroatoms. The average Bonchev–Trinajstić information content (AvgIpc) is 1.93. The fourth-order valence-corrected chi connectivity index (χ4v) is 1.01. The zero-order valence-electron chi connectivity index (χ0n) is 6.96. The van der Waals surface area contributed by atoms with Crippen LogP contribution in [-0.2, 0) is 9.53 Å². The number of hydrogen-bond acceptors (Lipinski definition) is 3. The molecule has 0 aromatic rings. The Bertz CT molecular complexity index is 185. The molecule has 1 fully saturated rings. The molecule has 0 unspecified atom stereocenters. The maximum absolute atomic E-state index is 11.2. The number of carbonyl (C=O) groups is 1. The first-order chi connectivity index (χ1) is 5.20. The molecule has 0 aromatic carbocycles. The van der Waals surface area contributed by atoms with Crippen molar-refractivity contribution in [1.29, 1.82) is 0 Å². The van der Waals surface area contributed by atoms with Gasteiger partial charge in [-0.05, 0) is 0 Å². The summed E-state index contributed by atoms with van der Waals surface area (Å²) in [5.74, 6) is 0.213. The average molecular weight is 155 g/mol. The minimum Gasteiger partial charge on any atom is -0.383 e. The van der Waals surface area contributed by atoms with Crippen molar-refractivity contribution in [3.63, 3.8) is 0 Å². The monoisotopic (exact) mass is 155 g/mol. The Morgan fingerprint density at radius 1 is 1.55 bits per heavy atom. The maximum Gasteiger partial charge on any atom is 0.164 e. The number of rotatable bonds is 1. The van der Waals surface area contributed by atoms with E-state index in [4.69, 9.17) is 4.74 Å². The number of ketones is 1. The summed E-state index contributed by atoms with van der Waals surface area (Å²) in [6, 6.07) is 0. The van der Waals surface area contributed by atoms with E-state index in [-0.39, 0.29) is 5.78 Å². The Balaban J connectivity index is 2.61. The number of hydrogen-bond donors (Lipinski definition) is 0. The van der Waals surface area contributed by atoms with Gasteiger partial charge in [-0.25, -0.2) is 0 Å². The van der Waals surface area contributed by atoms with Gasteiger partial charge in [0.05, 0.1) is 13.2 Å². The molecule has 0 aromatic heterocycles. The number of ether oxygens (including phenoxy) is 1. The lowest BCUT2D eigenvalue weighted by Gasteiger charge is -2.15. The van der Waals surface area contributed by atoms with E-state index in [1.54, 1.807) is 0 Å². The van der Waals surface area contributed by atoms with Gasteiger partial charge in [0.2, 0.25) is 0 Å². The summed E-state index contributed by atoms with van der Waals surface area (Å²) in [5.41, 5.74) is 0.779. The second kappa shape index (κ2) is 3.53. The van der Waals surface area contributed by atoms with E-state index in [1.165, 1.54) is 0 Å². The molecule has 1 rings (SSSR count). The Labute approximate surface area is 66.6 Å². The first-order valence-electron chi connectivity index (χ1n) is 3.68. The summed E-state index contributed by atoms with van der Waals surface area (Å²) in [7, 11) is 3.80. The molecule has 1 heterocycles. The van der Waals surface area contributed by atoms with Crippen molar-refractivity contribution in [3.05, 3.63) is 11.8 Å². The summed E-state index contributed by atoms with van der Waals surface area (Å²) in [6.07, 6.45) is 2.35. The minimum atomic E-state index is 0.213. The standard InChI is InChI=1S/C8H13NO2/c1-9(2)5-7-6-11-4-3-8(7)10/h5H,3-4,6H2,1-2H3/b7-5+. The largest absolute Gasteiger partial charge is 0.383 e. The highest BCUT2D eigenvalue weighted by atomic mass is 16.5. The van der Waals surface area contributed by atoms with Crippen LogP contribution in [0.5, 0.6) is 0 Å². The lowest BCUT2D eigenvalue weighted by molar-refractivity contribution is -0.119. The molecule has 0 radical (unpaired) electrons. The van der Waals surface area contributed by atoms with Gasteiger partial charge in [-0.15, -0.1) is 0 Å². The molecule has 0 amide bonds. The molecule has 0 spiro atoms. The second-order valence-corrected chi connectivity index (χ2v) is 2.84. The minimum absolute atomic E-state index is 0.213. The van der Waals surface area contributed by atoms with E-state index >= 15 is 0 Å². The highest BCUT2D eigenvalue weighted by molar-refractivity contribution is 5.96. The van der Waals surface area contributed by atoms with Crippen molar-refractivity contribution in [2.75, 3.05) is 27.3 Å². The summed E-state index contributed by atoms with van der Waals surface area (Å²) in [6.45, 7) is 1.04. The molecule has 1 saturated heterocycles. The lowest BCUT2D eigenvalue weighted by Crippen LogP contribution is -2.20. The van der Waals surface area contributed by atoms with Crippen LogP contribution in [0.2, 0.25) is 0 Å². The van der Waals surface area contributed by atoms with E-state index in [1.807, 2.05) is 25.2 Å². The van der Waals surface area contributed by atoms with E-state index in [9.17, 15) is 4.79 Å². The molecule has 0 saturated carbocycles. The van der Waals surface area contributed by atoms with Gasteiger partial charge in [-0.1, -0.05) is 0 Å². The maximum atomic E-state index is 11.2. The SMILES string of the molecule is CN(C)/C=C1\COCCC1=O. The molecular weight excluding hydrogens is 142 g/mol. The highest BCUT2D eigenvalue weighted by Crippen LogP contribution is 2.08. The fourth-order valence-electron chi connectivity index (χ4n) is 1.01. The van der Waals surface area contributed by atoms with Crippen molar-refractivity contribution in [1.82, 2.24) is 4.90 Å². The van der Waals surface area contributed by atoms with E-state index in [0.717, 1.165) is 5.57 Å². The van der Waals surface area contributed by atoms with Crippen molar-refractivity contribution in [3.8, 4) is 0 Å². The van der Waals surface area contributed by atoms with Crippen LogP contribution in [-0.4, -0.2) is 38.0 Å². The number of carbonyl (C=O) groups excluding carboxylic acids is 1.